The topological polar surface area (TPSA) is 115 Å². The van der Waals surface area contributed by atoms with Gasteiger partial charge in [0.05, 0.1) is 17.9 Å². The van der Waals surface area contributed by atoms with E-state index in [1.807, 2.05) is 27.7 Å². The standard InChI is InChI=1S/C8H18O2.2C4H8O2/c1-6(5-9)7(10)8(2,3)4;2*1-3(2)4(5)6/h6-7,9-10H,5H2,1-4H3;2*3H,1-2H3,(H,5,6). The zero-order chi connectivity index (χ0) is 18.7. The van der Waals surface area contributed by atoms with Gasteiger partial charge in [-0.2, -0.15) is 0 Å². The van der Waals surface area contributed by atoms with E-state index in [0.29, 0.717) is 0 Å². The van der Waals surface area contributed by atoms with E-state index in [1.54, 1.807) is 27.7 Å². The second kappa shape index (κ2) is 12.4. The van der Waals surface area contributed by atoms with Crippen LogP contribution in [-0.2, 0) is 9.59 Å². The number of rotatable bonds is 4. The molecule has 2 atom stereocenters. The molecule has 6 heteroatoms. The third-order valence-corrected chi connectivity index (χ3v) is 2.70. The normalized spacial score (nSPS) is 13.5. The van der Waals surface area contributed by atoms with E-state index in [9.17, 15) is 14.7 Å². The maximum absolute atomic E-state index is 9.70. The molecule has 0 aromatic rings. The number of carboxylic acid groups (broad SMARTS) is 2. The molecule has 0 saturated heterocycles. The molecular formula is C16H34O6. The van der Waals surface area contributed by atoms with Crippen LogP contribution in [-0.4, -0.2) is 45.1 Å². The number of aliphatic carboxylic acids is 2. The van der Waals surface area contributed by atoms with Crippen molar-refractivity contribution in [3.05, 3.63) is 0 Å². The molecule has 0 fully saturated rings. The predicted molar refractivity (Wildman–Crippen MR) is 86.7 cm³/mol. The molecular weight excluding hydrogens is 288 g/mol. The molecule has 0 aliphatic carbocycles. The van der Waals surface area contributed by atoms with Crippen LogP contribution in [0.15, 0.2) is 0 Å². The first-order valence-electron chi connectivity index (χ1n) is 7.42. The predicted octanol–water partition coefficient (Wildman–Crippen LogP) is 2.48. The first kappa shape index (κ1) is 25.8. The van der Waals surface area contributed by atoms with Gasteiger partial charge in [0.25, 0.3) is 0 Å². The summed E-state index contributed by atoms with van der Waals surface area (Å²) >= 11 is 0. The van der Waals surface area contributed by atoms with Crippen LogP contribution in [0, 0.1) is 23.2 Å². The van der Waals surface area contributed by atoms with E-state index < -0.39 is 18.0 Å². The first-order chi connectivity index (χ1) is 9.68. The van der Waals surface area contributed by atoms with Crippen LogP contribution in [0.5, 0.6) is 0 Å². The zero-order valence-corrected chi connectivity index (χ0v) is 15.1. The van der Waals surface area contributed by atoms with Gasteiger partial charge in [-0.3, -0.25) is 9.59 Å². The summed E-state index contributed by atoms with van der Waals surface area (Å²) in [5, 5.41) is 34.2. The van der Waals surface area contributed by atoms with Crippen LogP contribution in [0.2, 0.25) is 0 Å². The zero-order valence-electron chi connectivity index (χ0n) is 15.1. The fraction of sp³-hybridized carbons (Fsp3) is 0.875. The van der Waals surface area contributed by atoms with Gasteiger partial charge in [-0.05, 0) is 5.41 Å². The highest BCUT2D eigenvalue weighted by Crippen LogP contribution is 2.24. The van der Waals surface area contributed by atoms with E-state index in [-0.39, 0.29) is 29.8 Å². The summed E-state index contributed by atoms with van der Waals surface area (Å²) < 4.78 is 0. The Morgan fingerprint density at radius 3 is 1.14 bits per heavy atom. The van der Waals surface area contributed by atoms with E-state index in [0.717, 1.165) is 0 Å². The highest BCUT2D eigenvalue weighted by atomic mass is 16.4. The number of aliphatic hydroxyl groups excluding tert-OH is 2. The summed E-state index contributed by atoms with van der Waals surface area (Å²) in [5.41, 5.74) is -0.123. The van der Waals surface area contributed by atoms with Gasteiger partial charge in [0.2, 0.25) is 0 Å². The molecule has 134 valence electrons. The molecule has 6 nitrogen and oxygen atoms in total. The minimum atomic E-state index is -0.741. The summed E-state index contributed by atoms with van der Waals surface area (Å²) in [4.78, 5) is 19.4. The number of hydrogen-bond donors (Lipinski definition) is 4. The molecule has 0 amide bonds. The second-order valence-corrected chi connectivity index (χ2v) is 6.96. The summed E-state index contributed by atoms with van der Waals surface area (Å²) in [6.45, 7) is 14.3. The highest BCUT2D eigenvalue weighted by molar-refractivity contribution is 5.69. The number of carboxylic acids is 2. The first-order valence-corrected chi connectivity index (χ1v) is 7.42. The summed E-state index contributed by atoms with van der Waals surface area (Å²) in [5.74, 6) is -1.97. The number of hydrogen-bond acceptors (Lipinski definition) is 4. The molecule has 0 saturated carbocycles. The van der Waals surface area contributed by atoms with Crippen LogP contribution in [0.1, 0.15) is 55.4 Å². The van der Waals surface area contributed by atoms with Crippen LogP contribution in [0.25, 0.3) is 0 Å². The Bertz CT molecular complexity index is 286. The Morgan fingerprint density at radius 1 is 0.864 bits per heavy atom. The van der Waals surface area contributed by atoms with Gasteiger partial charge in [0.15, 0.2) is 0 Å². The molecule has 0 aromatic carbocycles. The van der Waals surface area contributed by atoms with Gasteiger partial charge < -0.3 is 20.4 Å². The fourth-order valence-corrected chi connectivity index (χ4v) is 0.953. The maximum Gasteiger partial charge on any atom is 0.305 e. The van der Waals surface area contributed by atoms with Crippen LogP contribution < -0.4 is 0 Å². The SMILES string of the molecule is CC(C)C(=O)O.CC(C)C(=O)O.CC(CO)C(O)C(C)(C)C. The van der Waals surface area contributed by atoms with Gasteiger partial charge in [0.1, 0.15) is 0 Å². The molecule has 22 heavy (non-hydrogen) atoms. The molecule has 2 unspecified atom stereocenters. The average Bonchev–Trinajstić information content (AvgIpc) is 2.36. The van der Waals surface area contributed by atoms with E-state index in [4.69, 9.17) is 15.3 Å². The average molecular weight is 322 g/mol. The molecule has 0 aliphatic rings. The molecule has 0 aromatic heterocycles. The van der Waals surface area contributed by atoms with Crippen molar-refractivity contribution >= 4 is 11.9 Å². The van der Waals surface area contributed by atoms with Crippen molar-refractivity contribution in [2.45, 2.75) is 61.5 Å². The summed E-state index contributed by atoms with van der Waals surface area (Å²) in [6, 6.07) is 0. The molecule has 4 N–H and O–H groups in total. The van der Waals surface area contributed by atoms with Crippen molar-refractivity contribution in [3.8, 4) is 0 Å². The van der Waals surface area contributed by atoms with E-state index >= 15 is 0 Å². The molecule has 0 spiro atoms. The summed E-state index contributed by atoms with van der Waals surface area (Å²) in [7, 11) is 0. The van der Waals surface area contributed by atoms with Crippen LogP contribution in [0.4, 0.5) is 0 Å². The largest absolute Gasteiger partial charge is 0.481 e. The van der Waals surface area contributed by atoms with Crippen molar-refractivity contribution in [2.24, 2.45) is 23.2 Å². The van der Waals surface area contributed by atoms with Crippen molar-refractivity contribution in [1.29, 1.82) is 0 Å². The minimum Gasteiger partial charge on any atom is -0.481 e. The lowest BCUT2D eigenvalue weighted by Crippen LogP contribution is -2.33. The van der Waals surface area contributed by atoms with Gasteiger partial charge in [0, 0.05) is 12.5 Å². The Labute approximate surface area is 134 Å². The molecule has 0 radical (unpaired) electrons. The van der Waals surface area contributed by atoms with Crippen molar-refractivity contribution in [3.63, 3.8) is 0 Å². The monoisotopic (exact) mass is 322 g/mol. The van der Waals surface area contributed by atoms with Crippen molar-refractivity contribution in [2.75, 3.05) is 6.61 Å². The van der Waals surface area contributed by atoms with Gasteiger partial charge in [-0.15, -0.1) is 0 Å². The Morgan fingerprint density at radius 2 is 1.09 bits per heavy atom. The van der Waals surface area contributed by atoms with Crippen LogP contribution in [0.3, 0.4) is 0 Å². The third-order valence-electron chi connectivity index (χ3n) is 2.70. The quantitative estimate of drug-likeness (QED) is 0.632. The van der Waals surface area contributed by atoms with Gasteiger partial charge in [-0.1, -0.05) is 55.4 Å². The van der Waals surface area contributed by atoms with Crippen molar-refractivity contribution in [1.82, 2.24) is 0 Å². The highest BCUT2D eigenvalue weighted by Gasteiger charge is 2.26. The molecule has 0 rings (SSSR count). The van der Waals surface area contributed by atoms with Gasteiger partial charge >= 0.3 is 11.9 Å². The van der Waals surface area contributed by atoms with Gasteiger partial charge in [-0.25, -0.2) is 0 Å². The second-order valence-electron chi connectivity index (χ2n) is 6.96. The van der Waals surface area contributed by atoms with E-state index in [1.165, 1.54) is 0 Å². The summed E-state index contributed by atoms with van der Waals surface area (Å²) in [6.07, 6.45) is -0.419. The molecule has 0 heterocycles. The Balaban J connectivity index is -0.000000261. The smallest absolute Gasteiger partial charge is 0.305 e. The lowest BCUT2D eigenvalue weighted by molar-refractivity contribution is -0.141. The van der Waals surface area contributed by atoms with Crippen molar-refractivity contribution < 1.29 is 30.0 Å². The lowest BCUT2D eigenvalue weighted by Gasteiger charge is -2.29. The van der Waals surface area contributed by atoms with Crippen LogP contribution >= 0.6 is 0 Å². The number of aliphatic hydroxyl groups is 2. The fourth-order valence-electron chi connectivity index (χ4n) is 0.953. The molecule has 0 aliphatic heterocycles. The maximum atomic E-state index is 9.70. The Hall–Kier alpha value is -1.14. The Kier molecular flexibility index (Phi) is 14.5. The molecule has 0 bridgehead atoms. The number of carbonyl (C=O) groups is 2. The van der Waals surface area contributed by atoms with E-state index in [2.05, 4.69) is 0 Å². The third kappa shape index (κ3) is 16.9. The minimum absolute atomic E-state index is 0.0278. The lowest BCUT2D eigenvalue weighted by atomic mass is 9.82.